The molecule has 2 N–H and O–H groups in total. The second-order valence-corrected chi connectivity index (χ2v) is 4.53. The summed E-state index contributed by atoms with van der Waals surface area (Å²) in [5, 5.41) is 0. The van der Waals surface area contributed by atoms with Gasteiger partial charge in [-0.15, -0.1) is 0 Å². The van der Waals surface area contributed by atoms with Gasteiger partial charge in [-0.2, -0.15) is 0 Å². The number of rotatable bonds is 5. The van der Waals surface area contributed by atoms with E-state index in [1.165, 1.54) is 0 Å². The molecule has 0 aliphatic carbocycles. The van der Waals surface area contributed by atoms with Crippen LogP contribution in [0.4, 0.5) is 0 Å². The third kappa shape index (κ3) is 3.53. The highest BCUT2D eigenvalue weighted by atomic mass is 16.5. The number of ether oxygens (including phenoxy) is 1. The normalized spacial score (nSPS) is 14.6. The SMILES string of the molecule is CCCC(C)Oc1ccc([C@H](C)N)cc1C. The molecule has 0 radical (unpaired) electrons. The molecule has 2 heteroatoms. The van der Waals surface area contributed by atoms with Gasteiger partial charge >= 0.3 is 0 Å². The number of hydrogen-bond donors (Lipinski definition) is 1. The van der Waals surface area contributed by atoms with Gasteiger partial charge in [0.1, 0.15) is 5.75 Å². The minimum Gasteiger partial charge on any atom is -0.490 e. The number of aryl methyl sites for hydroxylation is 1. The van der Waals surface area contributed by atoms with E-state index in [0.29, 0.717) is 0 Å². The van der Waals surface area contributed by atoms with Gasteiger partial charge in [-0.3, -0.25) is 0 Å². The summed E-state index contributed by atoms with van der Waals surface area (Å²) in [5.41, 5.74) is 8.17. The Hall–Kier alpha value is -1.02. The zero-order valence-corrected chi connectivity index (χ0v) is 10.8. The number of nitrogens with two attached hydrogens (primary N) is 1. The van der Waals surface area contributed by atoms with Gasteiger partial charge in [0.15, 0.2) is 0 Å². The Morgan fingerprint density at radius 1 is 1.31 bits per heavy atom. The first kappa shape index (κ1) is 13.0. The third-order valence-corrected chi connectivity index (χ3v) is 2.75. The van der Waals surface area contributed by atoms with Gasteiger partial charge in [0, 0.05) is 6.04 Å². The lowest BCUT2D eigenvalue weighted by Gasteiger charge is -2.17. The molecule has 1 aromatic carbocycles. The van der Waals surface area contributed by atoms with Crippen LogP contribution < -0.4 is 10.5 Å². The Balaban J connectivity index is 2.75. The summed E-state index contributed by atoms with van der Waals surface area (Å²) in [6, 6.07) is 6.27. The average molecular weight is 221 g/mol. The third-order valence-electron chi connectivity index (χ3n) is 2.75. The van der Waals surface area contributed by atoms with Crippen molar-refractivity contribution in [2.24, 2.45) is 5.73 Å². The topological polar surface area (TPSA) is 35.2 Å². The maximum Gasteiger partial charge on any atom is 0.122 e. The summed E-state index contributed by atoms with van der Waals surface area (Å²) in [4.78, 5) is 0. The Bertz CT molecular complexity index is 334. The zero-order valence-electron chi connectivity index (χ0n) is 10.8. The highest BCUT2D eigenvalue weighted by Crippen LogP contribution is 2.23. The molecule has 0 bridgehead atoms. The highest BCUT2D eigenvalue weighted by molar-refractivity contribution is 5.37. The Morgan fingerprint density at radius 2 is 2.00 bits per heavy atom. The first-order valence-electron chi connectivity index (χ1n) is 6.07. The summed E-state index contributed by atoms with van der Waals surface area (Å²) in [6.07, 6.45) is 2.52. The van der Waals surface area contributed by atoms with Crippen molar-refractivity contribution in [2.45, 2.75) is 52.7 Å². The zero-order chi connectivity index (χ0) is 12.1. The first-order chi connectivity index (χ1) is 7.54. The molecule has 0 aliphatic rings. The lowest BCUT2D eigenvalue weighted by molar-refractivity contribution is 0.208. The van der Waals surface area contributed by atoms with E-state index in [0.717, 1.165) is 29.7 Å². The van der Waals surface area contributed by atoms with E-state index >= 15 is 0 Å². The predicted molar refractivity (Wildman–Crippen MR) is 68.8 cm³/mol. The summed E-state index contributed by atoms with van der Waals surface area (Å²) in [5.74, 6) is 0.977. The molecule has 1 unspecified atom stereocenters. The largest absolute Gasteiger partial charge is 0.490 e. The molecule has 0 fully saturated rings. The van der Waals surface area contributed by atoms with Gasteiger partial charge < -0.3 is 10.5 Å². The van der Waals surface area contributed by atoms with E-state index < -0.39 is 0 Å². The molecule has 16 heavy (non-hydrogen) atoms. The summed E-state index contributed by atoms with van der Waals surface area (Å²) < 4.78 is 5.88. The van der Waals surface area contributed by atoms with Crippen LogP contribution in [0.5, 0.6) is 5.75 Å². The van der Waals surface area contributed by atoms with E-state index in [1.807, 2.05) is 19.1 Å². The molecule has 2 nitrogen and oxygen atoms in total. The average Bonchev–Trinajstić information content (AvgIpc) is 2.21. The van der Waals surface area contributed by atoms with Crippen molar-refractivity contribution in [3.8, 4) is 5.75 Å². The van der Waals surface area contributed by atoms with Crippen LogP contribution in [-0.2, 0) is 0 Å². The van der Waals surface area contributed by atoms with Gasteiger partial charge in [0.05, 0.1) is 6.10 Å². The molecule has 1 aromatic rings. The van der Waals surface area contributed by atoms with E-state index in [-0.39, 0.29) is 12.1 Å². The van der Waals surface area contributed by atoms with E-state index in [4.69, 9.17) is 10.5 Å². The fraction of sp³-hybridized carbons (Fsp3) is 0.571. The Kier molecular flexibility index (Phi) is 4.81. The standard InChI is InChI=1S/C14H23NO/c1-5-6-11(3)16-14-8-7-13(12(4)15)9-10(14)2/h7-9,11-12H,5-6,15H2,1-4H3/t11?,12-/m0/s1. The summed E-state index contributed by atoms with van der Waals surface area (Å²) in [7, 11) is 0. The predicted octanol–water partition coefficient (Wildman–Crippen LogP) is 3.58. The number of hydrogen-bond acceptors (Lipinski definition) is 2. The van der Waals surface area contributed by atoms with Crippen LogP contribution in [0.25, 0.3) is 0 Å². The van der Waals surface area contributed by atoms with Crippen LogP contribution in [0, 0.1) is 6.92 Å². The lowest BCUT2D eigenvalue weighted by atomic mass is 10.1. The van der Waals surface area contributed by atoms with Crippen molar-refractivity contribution in [3.05, 3.63) is 29.3 Å². The molecule has 90 valence electrons. The molecule has 0 aromatic heterocycles. The van der Waals surface area contributed by atoms with Crippen LogP contribution in [0.15, 0.2) is 18.2 Å². The van der Waals surface area contributed by atoms with Crippen molar-refractivity contribution in [3.63, 3.8) is 0 Å². The summed E-state index contributed by atoms with van der Waals surface area (Å²) >= 11 is 0. The number of benzene rings is 1. The van der Waals surface area contributed by atoms with Crippen LogP contribution in [0.3, 0.4) is 0 Å². The molecule has 0 saturated heterocycles. The van der Waals surface area contributed by atoms with Crippen molar-refractivity contribution in [2.75, 3.05) is 0 Å². The Labute approximate surface area is 98.8 Å². The Morgan fingerprint density at radius 3 is 2.50 bits per heavy atom. The minimum atomic E-state index is 0.0841. The second-order valence-electron chi connectivity index (χ2n) is 4.53. The van der Waals surface area contributed by atoms with Gasteiger partial charge in [0.25, 0.3) is 0 Å². The van der Waals surface area contributed by atoms with Gasteiger partial charge in [-0.05, 0) is 44.4 Å². The van der Waals surface area contributed by atoms with Crippen molar-refractivity contribution < 1.29 is 4.74 Å². The second kappa shape index (κ2) is 5.90. The quantitative estimate of drug-likeness (QED) is 0.824. The lowest BCUT2D eigenvalue weighted by Crippen LogP contribution is -2.12. The molecule has 0 amide bonds. The molecule has 0 saturated carbocycles. The molecule has 1 rings (SSSR count). The van der Waals surface area contributed by atoms with Crippen molar-refractivity contribution >= 4 is 0 Å². The van der Waals surface area contributed by atoms with Gasteiger partial charge in [-0.1, -0.05) is 25.5 Å². The van der Waals surface area contributed by atoms with Crippen LogP contribution in [0.1, 0.15) is 50.8 Å². The molecule has 0 heterocycles. The van der Waals surface area contributed by atoms with Crippen LogP contribution >= 0.6 is 0 Å². The van der Waals surface area contributed by atoms with E-state index in [1.54, 1.807) is 0 Å². The monoisotopic (exact) mass is 221 g/mol. The molecular formula is C14H23NO. The first-order valence-corrected chi connectivity index (χ1v) is 6.07. The van der Waals surface area contributed by atoms with Gasteiger partial charge in [-0.25, -0.2) is 0 Å². The van der Waals surface area contributed by atoms with Crippen LogP contribution in [0.2, 0.25) is 0 Å². The fourth-order valence-corrected chi connectivity index (χ4v) is 1.77. The highest BCUT2D eigenvalue weighted by Gasteiger charge is 2.07. The van der Waals surface area contributed by atoms with Crippen LogP contribution in [-0.4, -0.2) is 6.10 Å². The van der Waals surface area contributed by atoms with E-state index in [9.17, 15) is 0 Å². The molecule has 0 aliphatic heterocycles. The summed E-state index contributed by atoms with van der Waals surface area (Å²) in [6.45, 7) is 8.35. The minimum absolute atomic E-state index is 0.0841. The molecule has 0 spiro atoms. The van der Waals surface area contributed by atoms with Gasteiger partial charge in [0.2, 0.25) is 0 Å². The maximum absolute atomic E-state index is 5.88. The van der Waals surface area contributed by atoms with Crippen molar-refractivity contribution in [1.29, 1.82) is 0 Å². The maximum atomic E-state index is 5.88. The molecular weight excluding hydrogens is 198 g/mol. The van der Waals surface area contributed by atoms with E-state index in [2.05, 4.69) is 26.8 Å². The smallest absolute Gasteiger partial charge is 0.122 e. The van der Waals surface area contributed by atoms with Crippen molar-refractivity contribution in [1.82, 2.24) is 0 Å². The fourth-order valence-electron chi connectivity index (χ4n) is 1.77. The molecule has 2 atom stereocenters.